The molecule has 76 valence electrons. The van der Waals surface area contributed by atoms with Gasteiger partial charge in [0, 0.05) is 29.8 Å². The molecule has 1 aromatic heterocycles. The molecule has 1 aliphatic heterocycles. The molecule has 4 heteroatoms. The molecule has 2 heterocycles. The maximum atomic E-state index is 5.32. The summed E-state index contributed by atoms with van der Waals surface area (Å²) in [5.74, 6) is 0. The van der Waals surface area contributed by atoms with Gasteiger partial charge in [-0.25, -0.2) is 4.99 Å². The van der Waals surface area contributed by atoms with E-state index in [1.54, 1.807) is 12.4 Å². The normalized spacial score (nSPS) is 19.6. The summed E-state index contributed by atoms with van der Waals surface area (Å²) < 4.78 is 0. The minimum absolute atomic E-state index is 0.269. The number of hydrogen-bond donors (Lipinski definition) is 0. The van der Waals surface area contributed by atoms with E-state index < -0.39 is 0 Å². The summed E-state index contributed by atoms with van der Waals surface area (Å²) in [4.78, 5) is 8.57. The zero-order valence-electron chi connectivity index (χ0n) is 8.09. The molecule has 0 spiro atoms. The zero-order chi connectivity index (χ0) is 10.7. The quantitative estimate of drug-likeness (QED) is 0.751. The number of hydrogen-bond acceptors (Lipinski definition) is 3. The van der Waals surface area contributed by atoms with Crippen molar-refractivity contribution >= 4 is 31.4 Å². The molecule has 1 atom stereocenters. The monoisotopic (exact) mass is 234 g/mol. The molecular weight excluding hydrogens is 224 g/mol. The summed E-state index contributed by atoms with van der Waals surface area (Å²) in [6.45, 7) is 3.70. The van der Waals surface area contributed by atoms with E-state index in [9.17, 15) is 0 Å². The molecule has 0 aliphatic carbocycles. The predicted octanol–water partition coefficient (Wildman–Crippen LogP) is 2.45. The van der Waals surface area contributed by atoms with Crippen molar-refractivity contribution in [1.82, 2.24) is 4.98 Å². The van der Waals surface area contributed by atoms with Crippen molar-refractivity contribution in [2.75, 3.05) is 0 Å². The number of rotatable bonds is 3. The maximum absolute atomic E-state index is 5.32. The summed E-state index contributed by atoms with van der Waals surface area (Å²) in [6, 6.07) is 3.89. The molecule has 2 rings (SSSR count). The lowest BCUT2D eigenvalue weighted by Gasteiger charge is -1.95. The van der Waals surface area contributed by atoms with Crippen LogP contribution in [-0.2, 0) is 20.6 Å². The van der Waals surface area contributed by atoms with E-state index in [1.807, 2.05) is 23.6 Å². The van der Waals surface area contributed by atoms with Crippen LogP contribution in [0.4, 0.5) is 0 Å². The Balaban J connectivity index is 2.30. The smallest absolute Gasteiger partial charge is 0.0859 e. The van der Waals surface area contributed by atoms with Gasteiger partial charge in [-0.15, -0.1) is 6.58 Å². The largest absolute Gasteiger partial charge is 0.264 e. The van der Waals surface area contributed by atoms with Crippen LogP contribution in [-0.4, -0.2) is 10.0 Å². The van der Waals surface area contributed by atoms with E-state index in [2.05, 4.69) is 16.6 Å². The zero-order valence-corrected chi connectivity index (χ0v) is 9.72. The van der Waals surface area contributed by atoms with Gasteiger partial charge < -0.3 is 0 Å². The Labute approximate surface area is 96.1 Å². The van der Waals surface area contributed by atoms with Crippen LogP contribution in [0.25, 0.3) is 5.70 Å². The third-order valence-corrected chi connectivity index (χ3v) is 4.00. The second kappa shape index (κ2) is 4.59. The lowest BCUT2D eigenvalue weighted by Crippen LogP contribution is -1.96. The number of pyridine rings is 1. The third kappa shape index (κ3) is 2.27. The third-order valence-electron chi connectivity index (χ3n) is 1.97. The minimum atomic E-state index is -0.269. The summed E-state index contributed by atoms with van der Waals surface area (Å²) >= 11 is 5.32. The van der Waals surface area contributed by atoms with Crippen LogP contribution in [0.2, 0.25) is 0 Å². The van der Waals surface area contributed by atoms with Gasteiger partial charge in [-0.2, -0.15) is 0 Å². The fourth-order valence-corrected chi connectivity index (χ4v) is 2.86. The average Bonchev–Trinajstić information content (AvgIpc) is 2.63. The highest BCUT2D eigenvalue weighted by Gasteiger charge is 2.13. The van der Waals surface area contributed by atoms with Gasteiger partial charge in [-0.05, 0) is 32.8 Å². The average molecular weight is 234 g/mol. The lowest BCUT2D eigenvalue weighted by molar-refractivity contribution is 1.30. The number of nitrogens with zero attached hydrogens (tertiary/aromatic N) is 2. The highest BCUT2D eigenvalue weighted by Crippen LogP contribution is 2.22. The molecule has 2 nitrogen and oxygen atoms in total. The van der Waals surface area contributed by atoms with Crippen LogP contribution >= 0.6 is 0 Å². The molecule has 0 bridgehead atoms. The molecule has 0 fully saturated rings. The van der Waals surface area contributed by atoms with Crippen molar-refractivity contribution in [3.8, 4) is 0 Å². The highest BCUT2D eigenvalue weighted by atomic mass is 32.8. The van der Waals surface area contributed by atoms with Gasteiger partial charge >= 0.3 is 0 Å². The van der Waals surface area contributed by atoms with Crippen LogP contribution < -0.4 is 0 Å². The van der Waals surface area contributed by atoms with Crippen LogP contribution in [0, 0.1) is 0 Å². The molecule has 0 aromatic carbocycles. The first-order valence-corrected chi connectivity index (χ1v) is 6.74. The fourth-order valence-electron chi connectivity index (χ4n) is 1.27. The fraction of sp³-hybridized carbons (Fsp3) is 0.0909. The molecular formula is C11H10N2S2. The van der Waals surface area contributed by atoms with E-state index in [0.717, 1.165) is 22.7 Å². The molecule has 0 radical (unpaired) electrons. The first-order chi connectivity index (χ1) is 7.31. The summed E-state index contributed by atoms with van der Waals surface area (Å²) in [5.41, 5.74) is 1.97. The highest BCUT2D eigenvalue weighted by molar-refractivity contribution is 8.39. The maximum Gasteiger partial charge on any atom is 0.0859 e. The van der Waals surface area contributed by atoms with E-state index in [1.165, 1.54) is 0 Å². The molecule has 1 aliphatic rings. The summed E-state index contributed by atoms with van der Waals surface area (Å²) in [6.07, 6.45) is 6.16. The SMILES string of the molecule is C=CCC1=NC(c2cccnc2)=CS1=S. The molecule has 15 heavy (non-hydrogen) atoms. The number of allylic oxidation sites excluding steroid dienone is 1. The van der Waals surface area contributed by atoms with Gasteiger partial charge in [0.25, 0.3) is 0 Å². The van der Waals surface area contributed by atoms with E-state index in [0.29, 0.717) is 0 Å². The van der Waals surface area contributed by atoms with Gasteiger partial charge in [0.1, 0.15) is 0 Å². The molecule has 0 N–H and O–H groups in total. The van der Waals surface area contributed by atoms with E-state index in [-0.39, 0.29) is 9.45 Å². The van der Waals surface area contributed by atoms with Gasteiger partial charge in [0.2, 0.25) is 0 Å². The van der Waals surface area contributed by atoms with E-state index in [4.69, 9.17) is 11.2 Å². The topological polar surface area (TPSA) is 25.2 Å². The van der Waals surface area contributed by atoms with Crippen LogP contribution in [0.1, 0.15) is 12.0 Å². The molecule has 1 aromatic rings. The second-order valence-electron chi connectivity index (χ2n) is 3.04. The van der Waals surface area contributed by atoms with Crippen molar-refractivity contribution in [3.05, 3.63) is 48.2 Å². The van der Waals surface area contributed by atoms with Crippen LogP contribution in [0.3, 0.4) is 0 Å². The summed E-state index contributed by atoms with van der Waals surface area (Å²) in [7, 11) is -0.269. The summed E-state index contributed by atoms with van der Waals surface area (Å²) in [5, 5.41) is 3.05. The Bertz CT molecular complexity index is 461. The van der Waals surface area contributed by atoms with Crippen LogP contribution in [0.15, 0.2) is 47.6 Å². The molecule has 0 saturated carbocycles. The Morgan fingerprint density at radius 1 is 1.53 bits per heavy atom. The molecule has 1 unspecified atom stereocenters. The Morgan fingerprint density at radius 3 is 3.07 bits per heavy atom. The van der Waals surface area contributed by atoms with Crippen LogP contribution in [0.5, 0.6) is 0 Å². The van der Waals surface area contributed by atoms with E-state index >= 15 is 0 Å². The number of aromatic nitrogens is 1. The molecule has 0 saturated heterocycles. The Morgan fingerprint density at radius 2 is 2.40 bits per heavy atom. The van der Waals surface area contributed by atoms with Gasteiger partial charge in [0.15, 0.2) is 0 Å². The number of aliphatic imine (C=N–C) groups is 1. The minimum Gasteiger partial charge on any atom is -0.264 e. The predicted molar refractivity (Wildman–Crippen MR) is 69.2 cm³/mol. The standard InChI is InChI=1S/C11H10N2S2/c1-2-4-11-13-10(8-15(11)14)9-5-3-6-12-7-9/h2-3,5-8H,1,4H2. The lowest BCUT2D eigenvalue weighted by atomic mass is 10.2. The Kier molecular flexibility index (Phi) is 3.18. The molecule has 0 amide bonds. The van der Waals surface area contributed by atoms with Crippen molar-refractivity contribution in [2.24, 2.45) is 4.99 Å². The Hall–Kier alpha value is -1.13. The van der Waals surface area contributed by atoms with Crippen molar-refractivity contribution in [1.29, 1.82) is 0 Å². The van der Waals surface area contributed by atoms with Gasteiger partial charge in [0.05, 0.1) is 10.7 Å². The van der Waals surface area contributed by atoms with Crippen molar-refractivity contribution in [2.45, 2.75) is 6.42 Å². The second-order valence-corrected chi connectivity index (χ2v) is 5.42. The van der Waals surface area contributed by atoms with Crippen molar-refractivity contribution < 1.29 is 0 Å². The first kappa shape index (κ1) is 10.4. The first-order valence-electron chi connectivity index (χ1n) is 4.52. The van der Waals surface area contributed by atoms with Gasteiger partial charge in [-0.1, -0.05) is 6.08 Å². The van der Waals surface area contributed by atoms with Gasteiger partial charge in [-0.3, -0.25) is 4.98 Å². The van der Waals surface area contributed by atoms with Crippen molar-refractivity contribution in [3.63, 3.8) is 0 Å².